The number of fused-ring (bicyclic) bond motifs is 1. The minimum Gasteiger partial charge on any atom is -0.390 e. The molecule has 6 rings (SSSR count). The van der Waals surface area contributed by atoms with E-state index in [2.05, 4.69) is 52.7 Å². The van der Waals surface area contributed by atoms with Gasteiger partial charge in [-0.3, -0.25) is 4.79 Å². The number of carbonyl (C=O) groups is 1. The lowest BCUT2D eigenvalue weighted by Crippen LogP contribution is -2.66. The standard InChI is InChI=1S/C34H45N7O4S/c1-6-31(42)40-16-8-7-9-27(40)24-10-11-28(41-21-23(33(41,2)3)22-46(5,44)45)26-20-36-30(19-25(24)26)37-29-12-15-35-32(38-29)39-17-13-34(4,43)14-18-39/h6,10-12,15,19-20,23,27,43H,1,7-9,13-14,16-18,21-22H2,2-5H3,(H,35,36,37,38)/t23-,27-/m1/s1. The summed E-state index contributed by atoms with van der Waals surface area (Å²) in [5.74, 6) is 1.93. The van der Waals surface area contributed by atoms with Crippen molar-refractivity contribution in [3.8, 4) is 0 Å². The number of rotatable bonds is 8. The molecule has 1 amide bonds. The number of carbonyl (C=O) groups excluding carboxylic acids is 1. The molecule has 2 aromatic heterocycles. The highest BCUT2D eigenvalue weighted by Gasteiger charge is 2.48. The molecule has 3 aliphatic heterocycles. The van der Waals surface area contributed by atoms with E-state index in [4.69, 9.17) is 9.97 Å². The van der Waals surface area contributed by atoms with E-state index >= 15 is 0 Å². The SMILES string of the molecule is C=CC(=O)N1CCCC[C@@H]1c1ccc(N2C[C@H](CS(C)(=O)=O)C2(C)C)c2cnc(Nc3ccnc(N4CCC(C)(O)CC4)n3)cc12. The number of nitrogens with zero attached hydrogens (tertiary/aromatic N) is 6. The first-order chi connectivity index (χ1) is 21.8. The van der Waals surface area contributed by atoms with Gasteiger partial charge in [0.05, 0.1) is 17.4 Å². The van der Waals surface area contributed by atoms with Crippen LogP contribution in [-0.4, -0.2) is 88.6 Å². The molecule has 11 nitrogen and oxygen atoms in total. The van der Waals surface area contributed by atoms with Crippen molar-refractivity contribution in [3.05, 3.63) is 54.9 Å². The second-order valence-electron chi connectivity index (χ2n) is 13.9. The summed E-state index contributed by atoms with van der Waals surface area (Å²) in [6, 6.07) is 7.95. The largest absolute Gasteiger partial charge is 0.390 e. The summed E-state index contributed by atoms with van der Waals surface area (Å²) in [5.41, 5.74) is 1.02. The van der Waals surface area contributed by atoms with Crippen LogP contribution in [0.2, 0.25) is 0 Å². The number of hydrogen-bond acceptors (Lipinski definition) is 10. The van der Waals surface area contributed by atoms with Crippen LogP contribution < -0.4 is 15.1 Å². The van der Waals surface area contributed by atoms with Gasteiger partial charge in [0, 0.05) is 67.4 Å². The van der Waals surface area contributed by atoms with E-state index in [0.717, 1.165) is 41.3 Å². The highest BCUT2D eigenvalue weighted by atomic mass is 32.2. The predicted octanol–water partition coefficient (Wildman–Crippen LogP) is 4.62. The van der Waals surface area contributed by atoms with Crippen LogP contribution in [0.3, 0.4) is 0 Å². The highest BCUT2D eigenvalue weighted by molar-refractivity contribution is 7.90. The first-order valence-electron chi connectivity index (χ1n) is 16.1. The molecule has 0 spiro atoms. The number of aliphatic hydroxyl groups is 1. The second kappa shape index (κ2) is 12.1. The zero-order chi connectivity index (χ0) is 32.9. The van der Waals surface area contributed by atoms with E-state index in [-0.39, 0.29) is 29.2 Å². The van der Waals surface area contributed by atoms with E-state index in [1.165, 1.54) is 12.3 Å². The van der Waals surface area contributed by atoms with Crippen molar-refractivity contribution < 1.29 is 18.3 Å². The number of piperidine rings is 2. The number of likely N-dealkylation sites (tertiary alicyclic amines) is 1. The molecule has 0 aliphatic carbocycles. The van der Waals surface area contributed by atoms with Gasteiger partial charge in [0.15, 0.2) is 0 Å². The van der Waals surface area contributed by atoms with Crippen LogP contribution >= 0.6 is 0 Å². The molecule has 12 heteroatoms. The van der Waals surface area contributed by atoms with E-state index in [0.29, 0.717) is 56.6 Å². The Hall–Kier alpha value is -3.77. The van der Waals surface area contributed by atoms with Gasteiger partial charge in [-0.25, -0.2) is 18.4 Å². The second-order valence-corrected chi connectivity index (χ2v) is 16.1. The minimum atomic E-state index is -3.11. The lowest BCUT2D eigenvalue weighted by atomic mass is 9.77. The lowest BCUT2D eigenvalue weighted by molar-refractivity contribution is -0.129. The fourth-order valence-electron chi connectivity index (χ4n) is 7.18. The van der Waals surface area contributed by atoms with Crippen molar-refractivity contribution in [3.63, 3.8) is 0 Å². The molecule has 3 saturated heterocycles. The zero-order valence-electron chi connectivity index (χ0n) is 27.2. The Morgan fingerprint density at radius 1 is 1.09 bits per heavy atom. The Kier molecular flexibility index (Phi) is 8.47. The third kappa shape index (κ3) is 6.42. The summed E-state index contributed by atoms with van der Waals surface area (Å²) >= 11 is 0. The van der Waals surface area contributed by atoms with Crippen LogP contribution in [0.15, 0.2) is 49.3 Å². The smallest absolute Gasteiger partial charge is 0.246 e. The van der Waals surface area contributed by atoms with E-state index in [9.17, 15) is 18.3 Å². The monoisotopic (exact) mass is 647 g/mol. The van der Waals surface area contributed by atoms with Crippen molar-refractivity contribution in [2.45, 2.75) is 70.1 Å². The number of hydrogen-bond donors (Lipinski definition) is 2. The molecule has 0 unspecified atom stereocenters. The molecule has 1 aromatic carbocycles. The van der Waals surface area contributed by atoms with Crippen molar-refractivity contribution >= 4 is 49.8 Å². The van der Waals surface area contributed by atoms with Gasteiger partial charge >= 0.3 is 0 Å². The molecule has 0 bridgehead atoms. The molecule has 0 saturated carbocycles. The van der Waals surface area contributed by atoms with Gasteiger partial charge in [-0.1, -0.05) is 12.6 Å². The summed E-state index contributed by atoms with van der Waals surface area (Å²) in [7, 11) is -3.11. The minimum absolute atomic E-state index is 0.0168. The molecular formula is C34H45N7O4S. The predicted molar refractivity (Wildman–Crippen MR) is 182 cm³/mol. The van der Waals surface area contributed by atoms with E-state index in [1.807, 2.05) is 30.2 Å². The maximum absolute atomic E-state index is 13.0. The van der Waals surface area contributed by atoms with Gasteiger partial charge in [-0.05, 0) is 88.1 Å². The topological polar surface area (TPSA) is 132 Å². The fourth-order valence-corrected chi connectivity index (χ4v) is 8.43. The maximum Gasteiger partial charge on any atom is 0.246 e. The van der Waals surface area contributed by atoms with Crippen molar-refractivity contribution in [2.75, 3.05) is 53.3 Å². The third-order valence-corrected chi connectivity index (χ3v) is 11.2. The quantitative estimate of drug-likeness (QED) is 0.334. The molecule has 3 fully saturated rings. The van der Waals surface area contributed by atoms with Crippen LogP contribution in [0.25, 0.3) is 10.8 Å². The molecular weight excluding hydrogens is 602 g/mol. The molecule has 3 aliphatic rings. The molecule has 46 heavy (non-hydrogen) atoms. The number of benzene rings is 1. The fraction of sp³-hybridized carbons (Fsp3) is 0.529. The van der Waals surface area contributed by atoms with Crippen molar-refractivity contribution in [1.29, 1.82) is 0 Å². The molecule has 5 heterocycles. The Morgan fingerprint density at radius 2 is 1.85 bits per heavy atom. The van der Waals surface area contributed by atoms with Crippen LogP contribution in [0.5, 0.6) is 0 Å². The number of nitrogens with one attached hydrogen (secondary N) is 1. The highest BCUT2D eigenvalue weighted by Crippen LogP contribution is 2.46. The van der Waals surface area contributed by atoms with Gasteiger partial charge < -0.3 is 25.1 Å². The average molecular weight is 648 g/mol. The number of anilines is 4. The number of sulfone groups is 1. The molecule has 246 valence electrons. The van der Waals surface area contributed by atoms with Crippen LogP contribution in [0, 0.1) is 5.92 Å². The van der Waals surface area contributed by atoms with Gasteiger partial charge in [-0.15, -0.1) is 0 Å². The van der Waals surface area contributed by atoms with Crippen LogP contribution in [-0.2, 0) is 14.6 Å². The molecule has 3 aromatic rings. The molecule has 0 radical (unpaired) electrons. The third-order valence-electron chi connectivity index (χ3n) is 10.1. The lowest BCUT2D eigenvalue weighted by Gasteiger charge is -2.57. The van der Waals surface area contributed by atoms with Crippen molar-refractivity contribution in [2.24, 2.45) is 5.92 Å². The maximum atomic E-state index is 13.0. The number of amides is 1. The first-order valence-corrected chi connectivity index (χ1v) is 18.2. The van der Waals surface area contributed by atoms with Gasteiger partial charge in [-0.2, -0.15) is 4.98 Å². The van der Waals surface area contributed by atoms with Gasteiger partial charge in [0.2, 0.25) is 11.9 Å². The Balaban J connectivity index is 1.37. The Bertz CT molecular complexity index is 1750. The van der Waals surface area contributed by atoms with E-state index < -0.39 is 15.4 Å². The van der Waals surface area contributed by atoms with Gasteiger partial charge in [0.25, 0.3) is 0 Å². The summed E-state index contributed by atoms with van der Waals surface area (Å²) < 4.78 is 24.3. The van der Waals surface area contributed by atoms with E-state index in [1.54, 1.807) is 6.20 Å². The molecule has 2 N–H and O–H groups in total. The summed E-state index contributed by atoms with van der Waals surface area (Å²) in [4.78, 5) is 33.3. The summed E-state index contributed by atoms with van der Waals surface area (Å²) in [5, 5.41) is 15.7. The van der Waals surface area contributed by atoms with Gasteiger partial charge in [0.1, 0.15) is 21.5 Å². The number of pyridine rings is 1. The molecule has 2 atom stereocenters. The van der Waals surface area contributed by atoms with Crippen LogP contribution in [0.1, 0.15) is 64.5 Å². The summed E-state index contributed by atoms with van der Waals surface area (Å²) in [6.45, 7) is 12.5. The summed E-state index contributed by atoms with van der Waals surface area (Å²) in [6.07, 6.45) is 10.4. The Morgan fingerprint density at radius 3 is 2.54 bits per heavy atom. The Labute approximate surface area is 271 Å². The first kappa shape index (κ1) is 32.2. The van der Waals surface area contributed by atoms with Crippen LogP contribution in [0.4, 0.5) is 23.3 Å². The normalized spacial score (nSPS) is 22.8. The van der Waals surface area contributed by atoms with Crippen molar-refractivity contribution in [1.82, 2.24) is 19.9 Å². The number of aromatic nitrogens is 3. The zero-order valence-corrected chi connectivity index (χ0v) is 28.1. The average Bonchev–Trinajstić information content (AvgIpc) is 3.02.